The van der Waals surface area contributed by atoms with Gasteiger partial charge in [-0.15, -0.1) is 10.2 Å². The van der Waals surface area contributed by atoms with Gasteiger partial charge in [0.1, 0.15) is 5.82 Å². The number of pyridine rings is 1. The summed E-state index contributed by atoms with van der Waals surface area (Å²) in [6.07, 6.45) is 5.68. The van der Waals surface area contributed by atoms with Crippen LogP contribution in [0.25, 0.3) is 5.65 Å². The first-order valence-corrected chi connectivity index (χ1v) is 10.6. The van der Waals surface area contributed by atoms with Crippen LogP contribution in [0, 0.1) is 6.92 Å². The summed E-state index contributed by atoms with van der Waals surface area (Å²) < 4.78 is 2.09. The number of para-hydroxylation sites is 1. The number of rotatable bonds is 6. The summed E-state index contributed by atoms with van der Waals surface area (Å²) in [6, 6.07) is 12.2. The van der Waals surface area contributed by atoms with E-state index in [2.05, 4.69) is 37.8 Å². The topological polar surface area (TPSA) is 62.5 Å². The molecule has 0 bridgehead atoms. The average molecular weight is 392 g/mol. The number of benzene rings is 1. The SMILES string of the molecule is CCc1cccc(C)c1NC(=O)CCN1CCCC(c2nnc3ccccn23)C1. The fraction of sp³-hybridized carbons (Fsp3) is 0.435. The lowest BCUT2D eigenvalue weighted by Gasteiger charge is -2.31. The molecule has 1 N–H and O–H groups in total. The minimum Gasteiger partial charge on any atom is -0.326 e. The van der Waals surface area contributed by atoms with Crippen LogP contribution >= 0.6 is 0 Å². The van der Waals surface area contributed by atoms with Crippen molar-refractivity contribution in [3.8, 4) is 0 Å². The van der Waals surface area contributed by atoms with Crippen LogP contribution in [-0.4, -0.2) is 45.0 Å². The maximum Gasteiger partial charge on any atom is 0.225 e. The van der Waals surface area contributed by atoms with Crippen molar-refractivity contribution < 1.29 is 4.79 Å². The van der Waals surface area contributed by atoms with Crippen molar-refractivity contribution in [3.05, 3.63) is 59.5 Å². The van der Waals surface area contributed by atoms with E-state index in [-0.39, 0.29) is 5.91 Å². The van der Waals surface area contributed by atoms with E-state index in [4.69, 9.17) is 0 Å². The van der Waals surface area contributed by atoms with Gasteiger partial charge in [-0.1, -0.05) is 31.2 Å². The second-order valence-corrected chi connectivity index (χ2v) is 7.89. The molecule has 29 heavy (non-hydrogen) atoms. The lowest BCUT2D eigenvalue weighted by Crippen LogP contribution is -2.37. The monoisotopic (exact) mass is 391 g/mol. The molecule has 1 fully saturated rings. The Morgan fingerprint density at radius 3 is 2.97 bits per heavy atom. The molecule has 1 saturated heterocycles. The number of carbonyl (C=O) groups excluding carboxylic acids is 1. The van der Waals surface area contributed by atoms with E-state index in [1.54, 1.807) is 0 Å². The van der Waals surface area contributed by atoms with Gasteiger partial charge in [-0.3, -0.25) is 9.20 Å². The molecule has 1 unspecified atom stereocenters. The third-order valence-electron chi connectivity index (χ3n) is 5.87. The van der Waals surface area contributed by atoms with Crippen molar-refractivity contribution in [2.75, 3.05) is 25.0 Å². The molecule has 6 nitrogen and oxygen atoms in total. The number of fused-ring (bicyclic) bond motifs is 1. The van der Waals surface area contributed by atoms with Gasteiger partial charge in [-0.25, -0.2) is 0 Å². The number of likely N-dealkylation sites (tertiary alicyclic amines) is 1. The van der Waals surface area contributed by atoms with Crippen LogP contribution in [0.4, 0.5) is 5.69 Å². The van der Waals surface area contributed by atoms with Crippen molar-refractivity contribution in [2.24, 2.45) is 0 Å². The highest BCUT2D eigenvalue weighted by molar-refractivity contribution is 5.92. The second kappa shape index (κ2) is 8.74. The Morgan fingerprint density at radius 2 is 2.10 bits per heavy atom. The van der Waals surface area contributed by atoms with Crippen LogP contribution < -0.4 is 5.32 Å². The van der Waals surface area contributed by atoms with E-state index in [0.29, 0.717) is 12.3 Å². The van der Waals surface area contributed by atoms with E-state index < -0.39 is 0 Å². The van der Waals surface area contributed by atoms with E-state index in [0.717, 1.165) is 61.6 Å². The molecule has 4 rings (SSSR count). The van der Waals surface area contributed by atoms with Gasteiger partial charge in [0.05, 0.1) is 0 Å². The Balaban J connectivity index is 1.36. The summed E-state index contributed by atoms with van der Waals surface area (Å²) in [5, 5.41) is 11.9. The standard InChI is InChI=1S/C23H29N5O/c1-3-18-9-6-8-17(2)22(18)24-21(29)12-15-27-13-7-10-19(16-27)23-26-25-20-11-4-5-14-28(20)23/h4-6,8-9,11,14,19H,3,7,10,12-13,15-16H2,1-2H3,(H,24,29). The van der Waals surface area contributed by atoms with Gasteiger partial charge in [0.25, 0.3) is 0 Å². The quantitative estimate of drug-likeness (QED) is 0.694. The summed E-state index contributed by atoms with van der Waals surface area (Å²) in [7, 11) is 0. The molecule has 0 aliphatic carbocycles. The first kappa shape index (κ1) is 19.6. The van der Waals surface area contributed by atoms with Gasteiger partial charge in [-0.05, 0) is 56.0 Å². The van der Waals surface area contributed by atoms with Crippen molar-refractivity contribution in [1.82, 2.24) is 19.5 Å². The van der Waals surface area contributed by atoms with Crippen molar-refractivity contribution in [2.45, 2.75) is 45.4 Å². The average Bonchev–Trinajstić information content (AvgIpc) is 3.18. The van der Waals surface area contributed by atoms with Crippen molar-refractivity contribution in [1.29, 1.82) is 0 Å². The third kappa shape index (κ3) is 4.32. The maximum atomic E-state index is 12.6. The summed E-state index contributed by atoms with van der Waals surface area (Å²) in [6.45, 7) is 6.89. The van der Waals surface area contributed by atoms with Crippen LogP contribution in [0.3, 0.4) is 0 Å². The van der Waals surface area contributed by atoms with E-state index >= 15 is 0 Å². The Bertz CT molecular complexity index is 996. The van der Waals surface area contributed by atoms with E-state index in [1.807, 2.05) is 43.5 Å². The number of hydrogen-bond donors (Lipinski definition) is 1. The number of piperidine rings is 1. The first-order chi connectivity index (χ1) is 14.2. The highest BCUT2D eigenvalue weighted by atomic mass is 16.1. The number of hydrogen-bond acceptors (Lipinski definition) is 4. The Kier molecular flexibility index (Phi) is 5.90. The zero-order valence-electron chi connectivity index (χ0n) is 17.3. The molecule has 0 saturated carbocycles. The summed E-state index contributed by atoms with van der Waals surface area (Å²) in [5.74, 6) is 1.47. The largest absolute Gasteiger partial charge is 0.326 e. The van der Waals surface area contributed by atoms with E-state index in [9.17, 15) is 4.79 Å². The summed E-state index contributed by atoms with van der Waals surface area (Å²) in [4.78, 5) is 15.0. The molecule has 152 valence electrons. The summed E-state index contributed by atoms with van der Waals surface area (Å²) >= 11 is 0. The maximum absolute atomic E-state index is 12.6. The number of aromatic nitrogens is 3. The van der Waals surface area contributed by atoms with Gasteiger partial charge < -0.3 is 10.2 Å². The van der Waals surface area contributed by atoms with E-state index in [1.165, 1.54) is 5.56 Å². The number of amides is 1. The molecule has 1 aromatic carbocycles. The molecule has 0 radical (unpaired) electrons. The highest BCUT2D eigenvalue weighted by Gasteiger charge is 2.25. The lowest BCUT2D eigenvalue weighted by atomic mass is 9.97. The molecule has 0 spiro atoms. The molecule has 2 aromatic heterocycles. The summed E-state index contributed by atoms with van der Waals surface area (Å²) in [5.41, 5.74) is 4.18. The number of anilines is 1. The van der Waals surface area contributed by atoms with Crippen LogP contribution in [0.2, 0.25) is 0 Å². The molecule has 1 aliphatic heterocycles. The number of aryl methyl sites for hydroxylation is 2. The van der Waals surface area contributed by atoms with Crippen molar-refractivity contribution >= 4 is 17.2 Å². The Labute approximate surface area is 171 Å². The number of carbonyl (C=O) groups is 1. The predicted molar refractivity (Wildman–Crippen MR) is 115 cm³/mol. The van der Waals surface area contributed by atoms with Gasteiger partial charge in [-0.2, -0.15) is 0 Å². The third-order valence-corrected chi connectivity index (χ3v) is 5.87. The molecule has 6 heteroatoms. The predicted octanol–water partition coefficient (Wildman–Crippen LogP) is 3.81. The van der Waals surface area contributed by atoms with Crippen molar-refractivity contribution in [3.63, 3.8) is 0 Å². The smallest absolute Gasteiger partial charge is 0.225 e. The number of nitrogens with one attached hydrogen (secondary N) is 1. The molecule has 3 aromatic rings. The highest BCUT2D eigenvalue weighted by Crippen LogP contribution is 2.26. The molecule has 1 aliphatic rings. The normalized spacial score (nSPS) is 17.5. The fourth-order valence-corrected chi connectivity index (χ4v) is 4.27. The van der Waals surface area contributed by atoms with Crippen LogP contribution in [0.15, 0.2) is 42.6 Å². The minimum absolute atomic E-state index is 0.0871. The van der Waals surface area contributed by atoms with Gasteiger partial charge in [0.2, 0.25) is 5.91 Å². The fourth-order valence-electron chi connectivity index (χ4n) is 4.27. The van der Waals surface area contributed by atoms with Gasteiger partial charge in [0, 0.05) is 37.3 Å². The van der Waals surface area contributed by atoms with Gasteiger partial charge >= 0.3 is 0 Å². The minimum atomic E-state index is 0.0871. The Morgan fingerprint density at radius 1 is 1.21 bits per heavy atom. The molecular weight excluding hydrogens is 362 g/mol. The molecule has 1 atom stereocenters. The molecular formula is C23H29N5O. The first-order valence-electron chi connectivity index (χ1n) is 10.6. The zero-order chi connectivity index (χ0) is 20.2. The zero-order valence-corrected chi connectivity index (χ0v) is 17.3. The second-order valence-electron chi connectivity index (χ2n) is 7.89. The Hall–Kier alpha value is -2.73. The van der Waals surface area contributed by atoms with Crippen LogP contribution in [-0.2, 0) is 11.2 Å². The lowest BCUT2D eigenvalue weighted by molar-refractivity contribution is -0.116. The van der Waals surface area contributed by atoms with Gasteiger partial charge in [0.15, 0.2) is 5.65 Å². The molecule has 3 heterocycles. The number of nitrogens with zero attached hydrogens (tertiary/aromatic N) is 4. The molecule has 1 amide bonds. The van der Waals surface area contributed by atoms with Crippen LogP contribution in [0.1, 0.15) is 49.1 Å². The van der Waals surface area contributed by atoms with Crippen LogP contribution in [0.5, 0.6) is 0 Å².